The van der Waals surface area contributed by atoms with Gasteiger partial charge in [-0.15, -0.1) is 0 Å². The Labute approximate surface area is 107 Å². The van der Waals surface area contributed by atoms with Crippen LogP contribution < -0.4 is 16.0 Å². The molecule has 0 fully saturated rings. The van der Waals surface area contributed by atoms with Crippen LogP contribution in [0.2, 0.25) is 0 Å². The summed E-state index contributed by atoms with van der Waals surface area (Å²) in [5, 5.41) is 2.73. The predicted octanol–water partition coefficient (Wildman–Crippen LogP) is -0.262. The number of anilines is 1. The molecule has 6 nitrogen and oxygen atoms in total. The van der Waals surface area contributed by atoms with Crippen molar-refractivity contribution in [1.29, 1.82) is 0 Å². The second-order valence-electron chi connectivity index (χ2n) is 4.20. The predicted molar refractivity (Wildman–Crippen MR) is 70.3 cm³/mol. The van der Waals surface area contributed by atoms with Gasteiger partial charge in [-0.2, -0.15) is 0 Å². The Hall–Kier alpha value is -1.66. The molecule has 0 aromatic carbocycles. The van der Waals surface area contributed by atoms with Gasteiger partial charge in [0.25, 0.3) is 0 Å². The molecule has 1 heterocycles. The van der Waals surface area contributed by atoms with E-state index in [1.54, 1.807) is 6.20 Å². The zero-order chi connectivity index (χ0) is 13.5. The Bertz CT molecular complexity index is 378. The van der Waals surface area contributed by atoms with Crippen molar-refractivity contribution in [2.24, 2.45) is 5.73 Å². The van der Waals surface area contributed by atoms with E-state index in [0.717, 1.165) is 11.4 Å². The number of carbonyl (C=O) groups is 1. The molecule has 18 heavy (non-hydrogen) atoms. The highest BCUT2D eigenvalue weighted by Gasteiger charge is 2.12. The molecular formula is C12H20N4O2. The molecule has 0 aliphatic heterocycles. The second kappa shape index (κ2) is 6.93. The van der Waals surface area contributed by atoms with Crippen molar-refractivity contribution in [3.05, 3.63) is 23.9 Å². The van der Waals surface area contributed by atoms with Crippen LogP contribution in [-0.2, 0) is 16.1 Å². The highest BCUT2D eigenvalue weighted by Crippen LogP contribution is 2.07. The first-order valence-electron chi connectivity index (χ1n) is 5.69. The van der Waals surface area contributed by atoms with Gasteiger partial charge in [0, 0.05) is 33.9 Å². The maximum atomic E-state index is 11.5. The van der Waals surface area contributed by atoms with Crippen molar-refractivity contribution in [2.75, 3.05) is 32.7 Å². The lowest BCUT2D eigenvalue weighted by molar-refractivity contribution is -0.123. The van der Waals surface area contributed by atoms with Crippen LogP contribution in [0, 0.1) is 0 Å². The first-order chi connectivity index (χ1) is 8.54. The van der Waals surface area contributed by atoms with E-state index in [-0.39, 0.29) is 12.5 Å². The highest BCUT2D eigenvalue weighted by molar-refractivity contribution is 5.81. The molecule has 1 aromatic rings. The van der Waals surface area contributed by atoms with E-state index in [9.17, 15) is 4.79 Å². The van der Waals surface area contributed by atoms with E-state index in [2.05, 4.69) is 10.3 Å². The van der Waals surface area contributed by atoms with Gasteiger partial charge in [0.15, 0.2) is 0 Å². The number of methoxy groups -OCH3 is 1. The number of hydrogen-bond donors (Lipinski definition) is 2. The quantitative estimate of drug-likeness (QED) is 0.729. The molecule has 0 bridgehead atoms. The fourth-order valence-electron chi connectivity index (χ4n) is 1.36. The van der Waals surface area contributed by atoms with E-state index >= 15 is 0 Å². The molecule has 6 heteroatoms. The van der Waals surface area contributed by atoms with Crippen molar-refractivity contribution in [2.45, 2.75) is 12.6 Å². The largest absolute Gasteiger partial charge is 0.383 e. The molecule has 0 saturated carbocycles. The summed E-state index contributed by atoms with van der Waals surface area (Å²) in [6.07, 6.45) is 1.73. The minimum absolute atomic E-state index is 0.212. The van der Waals surface area contributed by atoms with Crippen LogP contribution in [0.15, 0.2) is 18.3 Å². The zero-order valence-electron chi connectivity index (χ0n) is 11.0. The van der Waals surface area contributed by atoms with Gasteiger partial charge in [-0.05, 0) is 11.6 Å². The molecule has 1 unspecified atom stereocenters. The summed E-state index contributed by atoms with van der Waals surface area (Å²) >= 11 is 0. The molecule has 1 aromatic heterocycles. The van der Waals surface area contributed by atoms with Crippen LogP contribution in [0.25, 0.3) is 0 Å². The number of carbonyl (C=O) groups excluding carboxylic acids is 1. The summed E-state index contributed by atoms with van der Waals surface area (Å²) in [4.78, 5) is 17.7. The van der Waals surface area contributed by atoms with E-state index < -0.39 is 6.04 Å². The molecule has 1 atom stereocenters. The van der Waals surface area contributed by atoms with E-state index in [4.69, 9.17) is 10.5 Å². The minimum atomic E-state index is -0.635. The van der Waals surface area contributed by atoms with Gasteiger partial charge in [-0.25, -0.2) is 4.98 Å². The topological polar surface area (TPSA) is 80.5 Å². The van der Waals surface area contributed by atoms with Gasteiger partial charge in [0.1, 0.15) is 11.9 Å². The molecular weight excluding hydrogens is 232 g/mol. The Kier molecular flexibility index (Phi) is 5.54. The molecule has 0 aliphatic rings. The standard InChI is InChI=1S/C12H20N4O2/c1-16(2)11-5-4-9(6-14-11)7-15-12(17)10(13)8-18-3/h4-6,10H,7-8,13H2,1-3H3,(H,15,17). The number of aromatic nitrogens is 1. The lowest BCUT2D eigenvalue weighted by atomic mass is 10.2. The van der Waals surface area contributed by atoms with Crippen LogP contribution in [0.5, 0.6) is 0 Å². The van der Waals surface area contributed by atoms with Crippen molar-refractivity contribution in [1.82, 2.24) is 10.3 Å². The smallest absolute Gasteiger partial charge is 0.239 e. The van der Waals surface area contributed by atoms with Crippen LogP contribution >= 0.6 is 0 Å². The number of nitrogens with zero attached hydrogens (tertiary/aromatic N) is 2. The van der Waals surface area contributed by atoms with Gasteiger partial charge >= 0.3 is 0 Å². The number of hydrogen-bond acceptors (Lipinski definition) is 5. The second-order valence-corrected chi connectivity index (χ2v) is 4.20. The average molecular weight is 252 g/mol. The maximum Gasteiger partial charge on any atom is 0.239 e. The lowest BCUT2D eigenvalue weighted by Crippen LogP contribution is -2.43. The first kappa shape index (κ1) is 14.4. The van der Waals surface area contributed by atoms with Crippen molar-refractivity contribution in [3.63, 3.8) is 0 Å². The van der Waals surface area contributed by atoms with Crippen molar-refractivity contribution >= 4 is 11.7 Å². The summed E-state index contributed by atoms with van der Waals surface area (Å²) in [5.74, 6) is 0.648. The van der Waals surface area contributed by atoms with Gasteiger partial charge in [0.2, 0.25) is 5.91 Å². The Morgan fingerprint density at radius 3 is 2.78 bits per heavy atom. The van der Waals surface area contributed by atoms with Crippen molar-refractivity contribution < 1.29 is 9.53 Å². The molecule has 1 rings (SSSR count). The minimum Gasteiger partial charge on any atom is -0.383 e. The zero-order valence-corrected chi connectivity index (χ0v) is 11.0. The normalized spacial score (nSPS) is 12.0. The van der Waals surface area contributed by atoms with Gasteiger partial charge in [-0.1, -0.05) is 6.07 Å². The third-order valence-corrected chi connectivity index (χ3v) is 2.42. The van der Waals surface area contributed by atoms with Crippen LogP contribution in [-0.4, -0.2) is 44.7 Å². The van der Waals surface area contributed by atoms with Gasteiger partial charge < -0.3 is 20.7 Å². The first-order valence-corrected chi connectivity index (χ1v) is 5.69. The molecule has 100 valence electrons. The monoisotopic (exact) mass is 252 g/mol. The lowest BCUT2D eigenvalue weighted by Gasteiger charge is -2.13. The van der Waals surface area contributed by atoms with Crippen LogP contribution in [0.3, 0.4) is 0 Å². The molecule has 1 amide bonds. The molecule has 0 spiro atoms. The SMILES string of the molecule is COCC(N)C(=O)NCc1ccc(N(C)C)nc1. The summed E-state index contributed by atoms with van der Waals surface area (Å²) in [6.45, 7) is 0.626. The van der Waals surface area contributed by atoms with Crippen molar-refractivity contribution in [3.8, 4) is 0 Å². The number of rotatable bonds is 6. The van der Waals surface area contributed by atoms with Gasteiger partial charge in [-0.3, -0.25) is 4.79 Å². The Morgan fingerprint density at radius 1 is 1.56 bits per heavy atom. The van der Waals surface area contributed by atoms with E-state index in [1.807, 2.05) is 31.1 Å². The number of ether oxygens (including phenoxy) is 1. The van der Waals surface area contributed by atoms with Gasteiger partial charge in [0.05, 0.1) is 6.61 Å². The average Bonchev–Trinajstić information content (AvgIpc) is 2.36. The molecule has 3 N–H and O–H groups in total. The summed E-state index contributed by atoms with van der Waals surface area (Å²) in [6, 6.07) is 3.19. The summed E-state index contributed by atoms with van der Waals surface area (Å²) < 4.78 is 4.82. The van der Waals surface area contributed by atoms with E-state index in [0.29, 0.717) is 6.54 Å². The summed E-state index contributed by atoms with van der Waals surface area (Å²) in [5.41, 5.74) is 6.53. The summed E-state index contributed by atoms with van der Waals surface area (Å²) in [7, 11) is 5.36. The highest BCUT2D eigenvalue weighted by atomic mass is 16.5. The molecule has 0 saturated heterocycles. The number of pyridine rings is 1. The van der Waals surface area contributed by atoms with Crippen LogP contribution in [0.4, 0.5) is 5.82 Å². The fraction of sp³-hybridized carbons (Fsp3) is 0.500. The number of nitrogens with two attached hydrogens (primary N) is 1. The van der Waals surface area contributed by atoms with E-state index in [1.165, 1.54) is 7.11 Å². The molecule has 0 aliphatic carbocycles. The number of amides is 1. The molecule has 0 radical (unpaired) electrons. The van der Waals surface area contributed by atoms with Crippen LogP contribution in [0.1, 0.15) is 5.56 Å². The number of nitrogens with one attached hydrogen (secondary N) is 1. The third kappa shape index (κ3) is 4.31. The third-order valence-electron chi connectivity index (χ3n) is 2.42. The Morgan fingerprint density at radius 2 is 2.28 bits per heavy atom. The Balaban J connectivity index is 2.46. The fourth-order valence-corrected chi connectivity index (χ4v) is 1.36. The maximum absolute atomic E-state index is 11.5.